The molecule has 0 bridgehead atoms. The number of nitriles is 1. The second-order valence-electron chi connectivity index (χ2n) is 4.73. The van der Waals surface area contributed by atoms with Gasteiger partial charge in [-0.2, -0.15) is 5.26 Å². The molecule has 1 aromatic rings. The van der Waals surface area contributed by atoms with Gasteiger partial charge in [-0.3, -0.25) is 0 Å². The second-order valence-corrected chi connectivity index (χ2v) is 4.73. The van der Waals surface area contributed by atoms with Gasteiger partial charge in [0.05, 0.1) is 6.07 Å². The highest BCUT2D eigenvalue weighted by Crippen LogP contribution is 2.28. The van der Waals surface area contributed by atoms with E-state index in [1.165, 1.54) is 16.8 Å². The van der Waals surface area contributed by atoms with Crippen LogP contribution in [0.4, 0.5) is 5.69 Å². The predicted molar refractivity (Wildman–Crippen MR) is 65.3 cm³/mol. The van der Waals surface area contributed by atoms with Crippen LogP contribution in [0.1, 0.15) is 17.5 Å². The molecule has 1 unspecified atom stereocenters. The Balaban J connectivity index is 2.28. The molecule has 0 spiro atoms. The summed E-state index contributed by atoms with van der Waals surface area (Å²) in [7, 11) is 0. The standard InChI is InChI=1S/C13H17N3/c1-10-3-4-11(2)12(7-10)16-6-5-13(15,8-14)9-16/h3-4,7H,5-6,9,15H2,1-2H3. The third-order valence-electron chi connectivity index (χ3n) is 3.23. The number of nitrogens with two attached hydrogens (primary N) is 1. The van der Waals surface area contributed by atoms with Crippen molar-refractivity contribution in [3.05, 3.63) is 29.3 Å². The molecule has 1 fully saturated rings. The average molecular weight is 215 g/mol. The molecule has 1 saturated heterocycles. The van der Waals surface area contributed by atoms with Gasteiger partial charge in [0.2, 0.25) is 0 Å². The summed E-state index contributed by atoms with van der Waals surface area (Å²) in [5, 5.41) is 9.01. The average Bonchev–Trinajstić information content (AvgIpc) is 2.65. The zero-order valence-electron chi connectivity index (χ0n) is 9.83. The van der Waals surface area contributed by atoms with Gasteiger partial charge in [-0.1, -0.05) is 12.1 Å². The van der Waals surface area contributed by atoms with Crippen molar-refractivity contribution in [3.63, 3.8) is 0 Å². The van der Waals surface area contributed by atoms with E-state index in [-0.39, 0.29) is 0 Å². The molecule has 1 heterocycles. The molecule has 1 aliphatic rings. The minimum Gasteiger partial charge on any atom is -0.368 e. The first-order valence-corrected chi connectivity index (χ1v) is 5.56. The number of benzene rings is 1. The molecule has 1 aliphatic heterocycles. The summed E-state index contributed by atoms with van der Waals surface area (Å²) in [5.74, 6) is 0. The topological polar surface area (TPSA) is 53.0 Å². The number of hydrogen-bond acceptors (Lipinski definition) is 3. The van der Waals surface area contributed by atoms with Gasteiger partial charge in [0.25, 0.3) is 0 Å². The summed E-state index contributed by atoms with van der Waals surface area (Å²) in [6.45, 7) is 5.68. The number of nitrogens with zero attached hydrogens (tertiary/aromatic N) is 2. The molecule has 2 N–H and O–H groups in total. The van der Waals surface area contributed by atoms with E-state index in [2.05, 4.69) is 43.0 Å². The van der Waals surface area contributed by atoms with Crippen LogP contribution in [0.25, 0.3) is 0 Å². The van der Waals surface area contributed by atoms with Gasteiger partial charge in [0.15, 0.2) is 0 Å². The van der Waals surface area contributed by atoms with Crippen LogP contribution in [0, 0.1) is 25.2 Å². The van der Waals surface area contributed by atoms with Crippen LogP contribution in [-0.2, 0) is 0 Å². The maximum Gasteiger partial charge on any atom is 0.123 e. The van der Waals surface area contributed by atoms with Crippen molar-refractivity contribution in [2.45, 2.75) is 25.8 Å². The lowest BCUT2D eigenvalue weighted by atomic mass is 10.0. The van der Waals surface area contributed by atoms with Crippen molar-refractivity contribution in [2.75, 3.05) is 18.0 Å². The van der Waals surface area contributed by atoms with Crippen molar-refractivity contribution in [1.29, 1.82) is 5.26 Å². The summed E-state index contributed by atoms with van der Waals surface area (Å²) in [6, 6.07) is 8.60. The Hall–Kier alpha value is -1.53. The molecule has 0 aromatic heterocycles. The lowest BCUT2D eigenvalue weighted by Crippen LogP contribution is -2.41. The third kappa shape index (κ3) is 1.89. The summed E-state index contributed by atoms with van der Waals surface area (Å²) >= 11 is 0. The van der Waals surface area contributed by atoms with Gasteiger partial charge in [-0.15, -0.1) is 0 Å². The lowest BCUT2D eigenvalue weighted by molar-refractivity contribution is 0.606. The molecule has 3 heteroatoms. The Labute approximate surface area is 96.5 Å². The number of rotatable bonds is 1. The van der Waals surface area contributed by atoms with Crippen molar-refractivity contribution in [2.24, 2.45) is 5.73 Å². The van der Waals surface area contributed by atoms with E-state index in [0.717, 1.165) is 13.0 Å². The van der Waals surface area contributed by atoms with Crippen molar-refractivity contribution < 1.29 is 0 Å². The molecule has 0 aliphatic carbocycles. The highest BCUT2D eigenvalue weighted by Gasteiger charge is 2.34. The summed E-state index contributed by atoms with van der Waals surface area (Å²) in [6.07, 6.45) is 0.747. The minimum atomic E-state index is -0.670. The zero-order chi connectivity index (χ0) is 11.8. The maximum atomic E-state index is 9.01. The zero-order valence-corrected chi connectivity index (χ0v) is 9.83. The van der Waals surface area contributed by atoms with Crippen LogP contribution < -0.4 is 10.6 Å². The SMILES string of the molecule is Cc1ccc(C)c(N2CCC(N)(C#N)C2)c1. The predicted octanol–water partition coefficient (Wildman–Crippen LogP) is 1.73. The smallest absolute Gasteiger partial charge is 0.123 e. The first-order valence-electron chi connectivity index (χ1n) is 5.56. The lowest BCUT2D eigenvalue weighted by Gasteiger charge is -2.22. The normalized spacial score (nSPS) is 24.5. The first kappa shape index (κ1) is 11.0. The molecule has 2 rings (SSSR count). The fourth-order valence-corrected chi connectivity index (χ4v) is 2.19. The van der Waals surface area contributed by atoms with Crippen LogP contribution in [0.15, 0.2) is 18.2 Å². The molecule has 16 heavy (non-hydrogen) atoms. The van der Waals surface area contributed by atoms with Crippen LogP contribution in [0.2, 0.25) is 0 Å². The molecular weight excluding hydrogens is 198 g/mol. The molecule has 3 nitrogen and oxygen atoms in total. The van der Waals surface area contributed by atoms with Crippen LogP contribution >= 0.6 is 0 Å². The van der Waals surface area contributed by atoms with E-state index in [1.54, 1.807) is 0 Å². The maximum absolute atomic E-state index is 9.01. The highest BCUT2D eigenvalue weighted by atomic mass is 15.2. The van der Waals surface area contributed by atoms with Crippen molar-refractivity contribution in [3.8, 4) is 6.07 Å². The summed E-state index contributed by atoms with van der Waals surface area (Å²) in [5.41, 5.74) is 9.00. The Morgan fingerprint density at radius 2 is 2.19 bits per heavy atom. The summed E-state index contributed by atoms with van der Waals surface area (Å²) < 4.78 is 0. The third-order valence-corrected chi connectivity index (χ3v) is 3.23. The van der Waals surface area contributed by atoms with Crippen LogP contribution in [0.3, 0.4) is 0 Å². The fourth-order valence-electron chi connectivity index (χ4n) is 2.19. The monoisotopic (exact) mass is 215 g/mol. The highest BCUT2D eigenvalue weighted by molar-refractivity contribution is 5.56. The molecule has 0 saturated carbocycles. The second kappa shape index (κ2) is 3.80. The van der Waals surface area contributed by atoms with Gasteiger partial charge in [-0.25, -0.2) is 0 Å². The molecular formula is C13H17N3. The molecule has 0 amide bonds. The van der Waals surface area contributed by atoms with Gasteiger partial charge in [0.1, 0.15) is 5.54 Å². The van der Waals surface area contributed by atoms with Gasteiger partial charge < -0.3 is 10.6 Å². The Morgan fingerprint density at radius 3 is 2.81 bits per heavy atom. The minimum absolute atomic E-state index is 0.633. The number of hydrogen-bond donors (Lipinski definition) is 1. The largest absolute Gasteiger partial charge is 0.368 e. The fraction of sp³-hybridized carbons (Fsp3) is 0.462. The van der Waals surface area contributed by atoms with E-state index < -0.39 is 5.54 Å². The van der Waals surface area contributed by atoms with Crippen LogP contribution in [0.5, 0.6) is 0 Å². The van der Waals surface area contributed by atoms with Gasteiger partial charge in [0, 0.05) is 18.8 Å². The molecule has 1 atom stereocenters. The molecule has 0 radical (unpaired) electrons. The van der Waals surface area contributed by atoms with E-state index >= 15 is 0 Å². The first-order chi connectivity index (χ1) is 7.54. The van der Waals surface area contributed by atoms with Crippen molar-refractivity contribution >= 4 is 5.69 Å². The Morgan fingerprint density at radius 1 is 1.44 bits per heavy atom. The van der Waals surface area contributed by atoms with E-state index in [4.69, 9.17) is 11.0 Å². The van der Waals surface area contributed by atoms with Gasteiger partial charge in [-0.05, 0) is 37.5 Å². The van der Waals surface area contributed by atoms with E-state index in [9.17, 15) is 0 Å². The van der Waals surface area contributed by atoms with E-state index in [0.29, 0.717) is 6.54 Å². The molecule has 84 valence electrons. The van der Waals surface area contributed by atoms with Crippen LogP contribution in [-0.4, -0.2) is 18.6 Å². The van der Waals surface area contributed by atoms with E-state index in [1.807, 2.05) is 0 Å². The summed E-state index contributed by atoms with van der Waals surface area (Å²) in [4.78, 5) is 2.21. The number of anilines is 1. The number of aryl methyl sites for hydroxylation is 2. The van der Waals surface area contributed by atoms with Gasteiger partial charge >= 0.3 is 0 Å². The molecule has 1 aromatic carbocycles. The van der Waals surface area contributed by atoms with Crippen molar-refractivity contribution in [1.82, 2.24) is 0 Å². The Kier molecular flexibility index (Phi) is 2.61. The quantitative estimate of drug-likeness (QED) is 0.776. The Bertz CT molecular complexity index is 447.